The highest BCUT2D eigenvalue weighted by Crippen LogP contribution is 2.06. The van der Waals surface area contributed by atoms with Gasteiger partial charge in [0, 0.05) is 17.7 Å². The number of unbranched alkanes of at least 4 members (excludes halogenated alkanes) is 2. The third-order valence-corrected chi connectivity index (χ3v) is 4.13. The van der Waals surface area contributed by atoms with Gasteiger partial charge in [0.05, 0.1) is 0 Å². The average Bonchev–Trinajstić information content (AvgIpc) is 2.70. The Morgan fingerprint density at radius 2 is 1.33 bits per heavy atom. The molecule has 0 aliphatic rings. The van der Waals surface area contributed by atoms with E-state index in [1.165, 1.54) is 0 Å². The van der Waals surface area contributed by atoms with Crippen molar-refractivity contribution in [3.63, 3.8) is 0 Å². The molecular formula is C21H24N2O4. The fourth-order valence-electron chi connectivity index (χ4n) is 2.63. The number of carbonyl (C=O) groups is 3. The van der Waals surface area contributed by atoms with Crippen molar-refractivity contribution in [3.8, 4) is 0 Å². The molecule has 142 valence electrons. The van der Waals surface area contributed by atoms with Gasteiger partial charge in [0.1, 0.15) is 6.04 Å². The van der Waals surface area contributed by atoms with E-state index in [2.05, 4.69) is 10.6 Å². The Hall–Kier alpha value is -3.15. The van der Waals surface area contributed by atoms with E-state index in [9.17, 15) is 19.5 Å². The van der Waals surface area contributed by atoms with Gasteiger partial charge in [-0.3, -0.25) is 9.59 Å². The molecule has 1 atom stereocenters. The second-order valence-electron chi connectivity index (χ2n) is 6.20. The van der Waals surface area contributed by atoms with Gasteiger partial charge in [-0.05, 0) is 37.1 Å². The molecule has 0 spiro atoms. The Balaban J connectivity index is 1.67. The normalized spacial score (nSPS) is 11.4. The molecule has 0 heterocycles. The van der Waals surface area contributed by atoms with E-state index in [4.69, 9.17) is 0 Å². The minimum absolute atomic E-state index is 0.117. The second-order valence-corrected chi connectivity index (χ2v) is 6.20. The maximum Gasteiger partial charge on any atom is 0.326 e. The summed E-state index contributed by atoms with van der Waals surface area (Å²) in [5.74, 6) is -1.55. The summed E-state index contributed by atoms with van der Waals surface area (Å²) in [5.41, 5.74) is 1.06. The van der Waals surface area contributed by atoms with Crippen molar-refractivity contribution in [1.82, 2.24) is 10.6 Å². The van der Waals surface area contributed by atoms with E-state index in [-0.39, 0.29) is 5.91 Å². The molecule has 2 aromatic rings. The van der Waals surface area contributed by atoms with Gasteiger partial charge in [0.25, 0.3) is 11.8 Å². The highest BCUT2D eigenvalue weighted by atomic mass is 16.4. The number of aliphatic carboxylic acids is 1. The quantitative estimate of drug-likeness (QED) is 0.562. The number of hydrogen-bond donors (Lipinski definition) is 3. The Bertz CT molecular complexity index is 747. The molecule has 27 heavy (non-hydrogen) atoms. The maximum absolute atomic E-state index is 12.1. The SMILES string of the molecule is O=C(NCCCCCC(NC(=O)c1ccccc1)C(=O)O)c1ccccc1. The van der Waals surface area contributed by atoms with Crippen molar-refractivity contribution in [2.24, 2.45) is 0 Å². The summed E-state index contributed by atoms with van der Waals surface area (Å²) < 4.78 is 0. The molecule has 2 aromatic carbocycles. The van der Waals surface area contributed by atoms with Crippen LogP contribution in [0.4, 0.5) is 0 Å². The molecule has 0 bridgehead atoms. The average molecular weight is 368 g/mol. The minimum atomic E-state index is -1.04. The van der Waals surface area contributed by atoms with Crippen LogP contribution in [-0.2, 0) is 4.79 Å². The van der Waals surface area contributed by atoms with Gasteiger partial charge in [-0.2, -0.15) is 0 Å². The Kier molecular flexibility index (Phi) is 8.03. The Morgan fingerprint density at radius 3 is 1.89 bits per heavy atom. The van der Waals surface area contributed by atoms with Gasteiger partial charge in [-0.1, -0.05) is 49.2 Å². The number of benzene rings is 2. The van der Waals surface area contributed by atoms with E-state index in [1.807, 2.05) is 18.2 Å². The Labute approximate surface area is 158 Å². The number of rotatable bonds is 10. The molecule has 2 amide bonds. The van der Waals surface area contributed by atoms with Crippen LogP contribution in [0.15, 0.2) is 60.7 Å². The predicted molar refractivity (Wildman–Crippen MR) is 103 cm³/mol. The number of carboxylic acids is 1. The first-order valence-corrected chi connectivity index (χ1v) is 9.00. The Morgan fingerprint density at radius 1 is 0.778 bits per heavy atom. The number of carbonyl (C=O) groups excluding carboxylic acids is 2. The lowest BCUT2D eigenvalue weighted by Crippen LogP contribution is -2.40. The van der Waals surface area contributed by atoms with Crippen LogP contribution in [0.2, 0.25) is 0 Å². The van der Waals surface area contributed by atoms with Gasteiger partial charge >= 0.3 is 5.97 Å². The zero-order valence-electron chi connectivity index (χ0n) is 15.1. The highest BCUT2D eigenvalue weighted by Gasteiger charge is 2.20. The second kappa shape index (κ2) is 10.8. The van der Waals surface area contributed by atoms with Crippen molar-refractivity contribution >= 4 is 17.8 Å². The summed E-state index contributed by atoms with van der Waals surface area (Å²) in [6.07, 6.45) is 2.51. The molecular weight excluding hydrogens is 344 g/mol. The fraction of sp³-hybridized carbons (Fsp3) is 0.286. The topological polar surface area (TPSA) is 95.5 Å². The molecule has 6 heteroatoms. The molecule has 0 aromatic heterocycles. The van der Waals surface area contributed by atoms with Crippen LogP contribution in [0.3, 0.4) is 0 Å². The molecule has 3 N–H and O–H groups in total. The molecule has 6 nitrogen and oxygen atoms in total. The fourth-order valence-corrected chi connectivity index (χ4v) is 2.63. The molecule has 0 radical (unpaired) electrons. The zero-order chi connectivity index (χ0) is 19.5. The first-order chi connectivity index (χ1) is 13.1. The number of carboxylic acid groups (broad SMARTS) is 1. The predicted octanol–water partition coefficient (Wildman–Crippen LogP) is 2.86. The molecule has 1 unspecified atom stereocenters. The van der Waals surface area contributed by atoms with Crippen molar-refractivity contribution in [2.45, 2.75) is 31.7 Å². The van der Waals surface area contributed by atoms with Gasteiger partial charge in [0.15, 0.2) is 0 Å². The summed E-state index contributed by atoms with van der Waals surface area (Å²) in [4.78, 5) is 35.3. The standard InChI is InChI=1S/C21H24N2O4/c24-19(16-10-4-1-5-11-16)22-15-9-3-8-14-18(21(26)27)23-20(25)17-12-6-2-7-13-17/h1-2,4-7,10-13,18H,3,8-9,14-15H2,(H,22,24)(H,23,25)(H,26,27). The third-order valence-electron chi connectivity index (χ3n) is 4.13. The summed E-state index contributed by atoms with van der Waals surface area (Å²) in [7, 11) is 0. The van der Waals surface area contributed by atoms with E-state index in [1.54, 1.807) is 42.5 Å². The zero-order valence-corrected chi connectivity index (χ0v) is 15.1. The van der Waals surface area contributed by atoms with Crippen molar-refractivity contribution in [3.05, 3.63) is 71.8 Å². The van der Waals surface area contributed by atoms with Crippen LogP contribution in [0, 0.1) is 0 Å². The van der Waals surface area contributed by atoms with Gasteiger partial charge in [-0.25, -0.2) is 4.79 Å². The van der Waals surface area contributed by atoms with E-state index in [0.29, 0.717) is 30.5 Å². The smallest absolute Gasteiger partial charge is 0.326 e. The minimum Gasteiger partial charge on any atom is -0.480 e. The van der Waals surface area contributed by atoms with Crippen LogP contribution in [0.25, 0.3) is 0 Å². The largest absolute Gasteiger partial charge is 0.480 e. The van der Waals surface area contributed by atoms with Crippen LogP contribution in [0.5, 0.6) is 0 Å². The molecule has 0 saturated heterocycles. The van der Waals surface area contributed by atoms with E-state index in [0.717, 1.165) is 12.8 Å². The number of hydrogen-bond acceptors (Lipinski definition) is 3. The van der Waals surface area contributed by atoms with Crippen LogP contribution < -0.4 is 10.6 Å². The lowest BCUT2D eigenvalue weighted by molar-refractivity contribution is -0.139. The van der Waals surface area contributed by atoms with Crippen LogP contribution in [0.1, 0.15) is 46.4 Å². The van der Waals surface area contributed by atoms with E-state index >= 15 is 0 Å². The van der Waals surface area contributed by atoms with Crippen molar-refractivity contribution in [1.29, 1.82) is 0 Å². The molecule has 0 saturated carbocycles. The van der Waals surface area contributed by atoms with E-state index < -0.39 is 17.9 Å². The third kappa shape index (κ3) is 6.93. The summed E-state index contributed by atoms with van der Waals surface area (Å²) >= 11 is 0. The monoisotopic (exact) mass is 368 g/mol. The number of amides is 2. The molecule has 2 rings (SSSR count). The van der Waals surface area contributed by atoms with Crippen molar-refractivity contribution in [2.75, 3.05) is 6.54 Å². The lowest BCUT2D eigenvalue weighted by atomic mass is 10.1. The molecule has 0 fully saturated rings. The molecule has 0 aliphatic carbocycles. The highest BCUT2D eigenvalue weighted by molar-refractivity contribution is 5.96. The summed E-state index contributed by atoms with van der Waals surface area (Å²) in [6, 6.07) is 16.6. The first kappa shape index (κ1) is 20.2. The van der Waals surface area contributed by atoms with Crippen LogP contribution >= 0.6 is 0 Å². The van der Waals surface area contributed by atoms with Gasteiger partial charge in [0.2, 0.25) is 0 Å². The van der Waals surface area contributed by atoms with Crippen molar-refractivity contribution < 1.29 is 19.5 Å². The van der Waals surface area contributed by atoms with Gasteiger partial charge < -0.3 is 15.7 Å². The lowest BCUT2D eigenvalue weighted by Gasteiger charge is -2.14. The number of nitrogens with one attached hydrogen (secondary N) is 2. The molecule has 0 aliphatic heterocycles. The van der Waals surface area contributed by atoms with Crippen LogP contribution in [-0.4, -0.2) is 35.5 Å². The maximum atomic E-state index is 12.1. The first-order valence-electron chi connectivity index (χ1n) is 9.00. The summed E-state index contributed by atoms with van der Waals surface area (Å²) in [6.45, 7) is 0.530. The summed E-state index contributed by atoms with van der Waals surface area (Å²) in [5, 5.41) is 14.7. The van der Waals surface area contributed by atoms with Gasteiger partial charge in [-0.15, -0.1) is 0 Å².